The Hall–Kier alpha value is -1.59. The summed E-state index contributed by atoms with van der Waals surface area (Å²) < 4.78 is 6.49. The normalized spacial score (nSPS) is 21.2. The molecule has 1 N–H and O–H groups in total. The van der Waals surface area contributed by atoms with Gasteiger partial charge in [-0.15, -0.1) is 0 Å². The molecule has 64 valence electrons. The molecule has 2 heterocycles. The number of nitrogens with zero attached hydrogens (tertiary/aromatic N) is 3. The Labute approximate surface area is 67.8 Å². The van der Waals surface area contributed by atoms with E-state index in [0.29, 0.717) is 12.6 Å². The zero-order chi connectivity index (χ0) is 8.55. The third-order valence-electron chi connectivity index (χ3n) is 1.74. The van der Waals surface area contributed by atoms with Gasteiger partial charge in [-0.25, -0.2) is 4.68 Å². The van der Waals surface area contributed by atoms with Crippen LogP contribution in [0.5, 0.6) is 6.01 Å². The van der Waals surface area contributed by atoms with Crippen molar-refractivity contribution in [2.75, 3.05) is 6.61 Å². The second kappa shape index (κ2) is 2.47. The first-order valence-electron chi connectivity index (χ1n) is 3.51. The Morgan fingerprint density at radius 1 is 1.83 bits per heavy atom. The number of ether oxygens (including phenoxy) is 1. The average Bonchev–Trinajstić information content (AvgIpc) is 2.49. The first kappa shape index (κ1) is 7.08. The fraction of sp³-hybridized carbons (Fsp3) is 0.500. The van der Waals surface area contributed by atoms with Crippen LogP contribution in [0.4, 0.5) is 0 Å². The number of hydrogen-bond acceptors (Lipinski definition) is 4. The molecule has 1 aromatic rings. The Kier molecular flexibility index (Phi) is 1.46. The molecule has 0 fully saturated rings. The molecular formula is C6H7N3O3. The number of hydrogen-bond donors (Lipinski definition) is 1. The maximum Gasteiger partial charge on any atom is 0.314 e. The predicted octanol–water partition coefficient (Wildman–Crippen LogP) is -0.629. The topological polar surface area (TPSA) is 77.2 Å². The molecule has 1 aromatic heterocycles. The van der Waals surface area contributed by atoms with E-state index in [-0.39, 0.29) is 6.61 Å². The fourth-order valence-corrected chi connectivity index (χ4v) is 1.08. The Bertz CT molecular complexity index is 309. The standard InChI is InChI=1S/C6H7N3O3/c10-5(11)4-1-9-6(12-2-4)7-3-8-9/h3-4H,1-2H2,(H,10,11). The van der Waals surface area contributed by atoms with Gasteiger partial charge in [0.25, 0.3) is 0 Å². The summed E-state index contributed by atoms with van der Waals surface area (Å²) in [5, 5.41) is 12.5. The van der Waals surface area contributed by atoms with Gasteiger partial charge in [0.1, 0.15) is 18.9 Å². The van der Waals surface area contributed by atoms with Crippen LogP contribution < -0.4 is 4.74 Å². The monoisotopic (exact) mass is 169 g/mol. The average molecular weight is 169 g/mol. The molecular weight excluding hydrogens is 162 g/mol. The summed E-state index contributed by atoms with van der Waals surface area (Å²) >= 11 is 0. The first-order valence-corrected chi connectivity index (χ1v) is 3.51. The molecule has 0 radical (unpaired) electrons. The molecule has 1 unspecified atom stereocenters. The van der Waals surface area contributed by atoms with Crippen molar-refractivity contribution in [3.63, 3.8) is 0 Å². The van der Waals surface area contributed by atoms with E-state index in [1.165, 1.54) is 11.0 Å². The molecule has 0 bridgehead atoms. The van der Waals surface area contributed by atoms with Crippen LogP contribution in [0.15, 0.2) is 6.33 Å². The highest BCUT2D eigenvalue weighted by Crippen LogP contribution is 2.15. The van der Waals surface area contributed by atoms with Gasteiger partial charge in [0, 0.05) is 0 Å². The lowest BCUT2D eigenvalue weighted by Gasteiger charge is -2.18. The third kappa shape index (κ3) is 1.01. The van der Waals surface area contributed by atoms with E-state index < -0.39 is 11.9 Å². The number of carbonyl (C=O) groups is 1. The third-order valence-corrected chi connectivity index (χ3v) is 1.74. The van der Waals surface area contributed by atoms with Gasteiger partial charge in [-0.05, 0) is 0 Å². The van der Waals surface area contributed by atoms with Crippen molar-refractivity contribution in [3.8, 4) is 6.01 Å². The summed E-state index contributed by atoms with van der Waals surface area (Å²) in [7, 11) is 0. The maximum absolute atomic E-state index is 10.5. The Morgan fingerprint density at radius 2 is 2.67 bits per heavy atom. The number of carboxylic acids is 1. The zero-order valence-corrected chi connectivity index (χ0v) is 6.17. The van der Waals surface area contributed by atoms with Crippen molar-refractivity contribution in [2.45, 2.75) is 6.54 Å². The van der Waals surface area contributed by atoms with E-state index in [0.717, 1.165) is 0 Å². The molecule has 0 amide bonds. The molecule has 0 aliphatic carbocycles. The smallest absolute Gasteiger partial charge is 0.314 e. The van der Waals surface area contributed by atoms with Gasteiger partial charge >= 0.3 is 12.0 Å². The van der Waals surface area contributed by atoms with Crippen LogP contribution in [-0.2, 0) is 11.3 Å². The number of aliphatic carboxylic acids is 1. The lowest BCUT2D eigenvalue weighted by atomic mass is 10.1. The Morgan fingerprint density at radius 3 is 3.42 bits per heavy atom. The molecule has 1 atom stereocenters. The van der Waals surface area contributed by atoms with Crippen molar-refractivity contribution in [2.24, 2.45) is 5.92 Å². The second-order valence-electron chi connectivity index (χ2n) is 2.57. The molecule has 2 rings (SSSR count). The van der Waals surface area contributed by atoms with E-state index in [4.69, 9.17) is 9.84 Å². The molecule has 0 spiro atoms. The second-order valence-corrected chi connectivity index (χ2v) is 2.57. The number of fused-ring (bicyclic) bond motifs is 1. The highest BCUT2D eigenvalue weighted by Gasteiger charge is 2.26. The maximum atomic E-state index is 10.5. The molecule has 1 aliphatic rings. The van der Waals surface area contributed by atoms with Crippen LogP contribution >= 0.6 is 0 Å². The van der Waals surface area contributed by atoms with Crippen molar-refractivity contribution in [1.82, 2.24) is 14.8 Å². The first-order chi connectivity index (χ1) is 5.77. The van der Waals surface area contributed by atoms with Gasteiger partial charge in [-0.3, -0.25) is 4.79 Å². The van der Waals surface area contributed by atoms with E-state index in [9.17, 15) is 4.79 Å². The van der Waals surface area contributed by atoms with Crippen molar-refractivity contribution < 1.29 is 14.6 Å². The molecule has 0 saturated carbocycles. The van der Waals surface area contributed by atoms with Crippen LogP contribution in [0.1, 0.15) is 0 Å². The quantitative estimate of drug-likeness (QED) is 0.605. The van der Waals surface area contributed by atoms with Crippen LogP contribution in [0, 0.1) is 5.92 Å². The van der Waals surface area contributed by atoms with E-state index in [1.54, 1.807) is 0 Å². The van der Waals surface area contributed by atoms with Crippen molar-refractivity contribution in [1.29, 1.82) is 0 Å². The van der Waals surface area contributed by atoms with Crippen molar-refractivity contribution >= 4 is 5.97 Å². The summed E-state index contributed by atoms with van der Waals surface area (Å²) in [4.78, 5) is 14.3. The SMILES string of the molecule is O=C(O)C1COc2ncnn2C1. The van der Waals surface area contributed by atoms with E-state index in [2.05, 4.69) is 10.1 Å². The fourth-order valence-electron chi connectivity index (χ4n) is 1.08. The molecule has 6 nitrogen and oxygen atoms in total. The summed E-state index contributed by atoms with van der Waals surface area (Å²) in [6, 6.07) is 0.396. The number of aromatic nitrogens is 3. The minimum Gasteiger partial charge on any atom is -0.481 e. The van der Waals surface area contributed by atoms with Gasteiger partial charge in [-0.2, -0.15) is 10.1 Å². The van der Waals surface area contributed by atoms with Crippen LogP contribution in [0.2, 0.25) is 0 Å². The minimum atomic E-state index is -0.865. The zero-order valence-electron chi connectivity index (χ0n) is 6.17. The van der Waals surface area contributed by atoms with Gasteiger partial charge in [0.05, 0.1) is 6.54 Å². The minimum absolute atomic E-state index is 0.175. The molecule has 0 aromatic carbocycles. The van der Waals surface area contributed by atoms with Crippen molar-refractivity contribution in [3.05, 3.63) is 6.33 Å². The van der Waals surface area contributed by atoms with E-state index >= 15 is 0 Å². The Balaban J connectivity index is 2.20. The summed E-state index contributed by atoms with van der Waals surface area (Å²) in [5.41, 5.74) is 0. The summed E-state index contributed by atoms with van der Waals surface area (Å²) in [6.07, 6.45) is 1.35. The lowest BCUT2D eigenvalue weighted by molar-refractivity contribution is -0.144. The largest absolute Gasteiger partial charge is 0.481 e. The number of carboxylic acid groups (broad SMARTS) is 1. The van der Waals surface area contributed by atoms with Crippen LogP contribution in [0.3, 0.4) is 0 Å². The van der Waals surface area contributed by atoms with Gasteiger partial charge in [0.15, 0.2) is 0 Å². The van der Waals surface area contributed by atoms with Gasteiger partial charge in [-0.1, -0.05) is 0 Å². The predicted molar refractivity (Wildman–Crippen MR) is 36.6 cm³/mol. The molecule has 12 heavy (non-hydrogen) atoms. The molecule has 0 saturated heterocycles. The highest BCUT2D eigenvalue weighted by atomic mass is 16.5. The summed E-state index contributed by atoms with van der Waals surface area (Å²) in [6.45, 7) is 0.513. The summed E-state index contributed by atoms with van der Waals surface area (Å²) in [5.74, 6) is -1.38. The molecule has 1 aliphatic heterocycles. The van der Waals surface area contributed by atoms with Gasteiger partial charge in [0.2, 0.25) is 0 Å². The molecule has 6 heteroatoms. The lowest BCUT2D eigenvalue weighted by Crippen LogP contribution is -2.31. The number of rotatable bonds is 1. The van der Waals surface area contributed by atoms with Crippen LogP contribution in [-0.4, -0.2) is 32.4 Å². The highest BCUT2D eigenvalue weighted by molar-refractivity contribution is 5.70. The van der Waals surface area contributed by atoms with Crippen LogP contribution in [0.25, 0.3) is 0 Å². The van der Waals surface area contributed by atoms with Gasteiger partial charge < -0.3 is 9.84 Å². The van der Waals surface area contributed by atoms with E-state index in [1.807, 2.05) is 0 Å².